The van der Waals surface area contributed by atoms with Crippen LogP contribution in [0.15, 0.2) is 72.3 Å². The molecule has 0 saturated carbocycles. The molecule has 6 nitrogen and oxygen atoms in total. The summed E-state index contributed by atoms with van der Waals surface area (Å²) in [7, 11) is 1.29. The molecule has 3 aromatic rings. The van der Waals surface area contributed by atoms with Gasteiger partial charge >= 0.3 is 5.97 Å². The second-order valence-electron chi connectivity index (χ2n) is 7.15. The van der Waals surface area contributed by atoms with Crippen molar-refractivity contribution in [3.63, 3.8) is 0 Å². The van der Waals surface area contributed by atoms with Crippen molar-refractivity contribution in [1.82, 2.24) is 0 Å². The number of halogens is 1. The number of hydrogen-bond acceptors (Lipinski definition) is 5. The highest BCUT2D eigenvalue weighted by Gasteiger charge is 2.13. The number of esters is 1. The van der Waals surface area contributed by atoms with E-state index in [1.165, 1.54) is 25.3 Å². The number of amides is 1. The van der Waals surface area contributed by atoms with E-state index in [0.29, 0.717) is 34.2 Å². The van der Waals surface area contributed by atoms with Crippen LogP contribution in [0.3, 0.4) is 0 Å². The van der Waals surface area contributed by atoms with Crippen molar-refractivity contribution in [2.24, 2.45) is 0 Å². The second-order valence-corrected chi connectivity index (χ2v) is 7.59. The smallest absolute Gasteiger partial charge is 0.337 e. The third-order valence-corrected chi connectivity index (χ3v) is 4.91. The summed E-state index contributed by atoms with van der Waals surface area (Å²) in [5.41, 5.74) is 3.26. The maximum atomic E-state index is 12.7. The summed E-state index contributed by atoms with van der Waals surface area (Å²) in [5.74, 6) is -0.596. The molecular weight excluding hydrogens is 440 g/mol. The van der Waals surface area contributed by atoms with E-state index in [9.17, 15) is 14.9 Å². The number of benzene rings is 3. The van der Waals surface area contributed by atoms with Gasteiger partial charge in [0.15, 0.2) is 0 Å². The number of carbonyl (C=O) groups excluding carboxylic acids is 2. The lowest BCUT2D eigenvalue weighted by Gasteiger charge is -2.11. The molecule has 3 rings (SSSR count). The van der Waals surface area contributed by atoms with Crippen LogP contribution in [0.25, 0.3) is 6.08 Å². The maximum Gasteiger partial charge on any atom is 0.337 e. The standard InChI is InChI=1S/C26H21ClN2O4/c1-17-4-3-5-18(12-17)16-33-24-11-8-22(27)14-20(24)13-21(15-28)25(30)29-23-9-6-19(7-10-23)26(31)32-2/h3-14H,16H2,1-2H3,(H,29,30)/b21-13+. The normalized spacial score (nSPS) is 10.8. The molecule has 0 aromatic heterocycles. The minimum atomic E-state index is -0.604. The van der Waals surface area contributed by atoms with Crippen LogP contribution in [0, 0.1) is 18.3 Å². The van der Waals surface area contributed by atoms with Gasteiger partial charge in [-0.25, -0.2) is 4.79 Å². The lowest BCUT2D eigenvalue weighted by atomic mass is 10.1. The van der Waals surface area contributed by atoms with Crippen molar-refractivity contribution in [2.45, 2.75) is 13.5 Å². The Balaban J connectivity index is 1.79. The van der Waals surface area contributed by atoms with Gasteiger partial charge in [0.1, 0.15) is 24.0 Å². The molecule has 0 aliphatic carbocycles. The van der Waals surface area contributed by atoms with Gasteiger partial charge in [0.2, 0.25) is 0 Å². The quantitative estimate of drug-likeness (QED) is 0.283. The van der Waals surface area contributed by atoms with Gasteiger partial charge in [0.05, 0.1) is 12.7 Å². The second kappa shape index (κ2) is 11.0. The maximum absolute atomic E-state index is 12.7. The molecule has 0 heterocycles. The zero-order valence-corrected chi connectivity index (χ0v) is 18.8. The van der Waals surface area contributed by atoms with E-state index in [4.69, 9.17) is 16.3 Å². The van der Waals surface area contributed by atoms with Gasteiger partial charge in [-0.3, -0.25) is 4.79 Å². The number of nitrogens with one attached hydrogen (secondary N) is 1. The molecular formula is C26H21ClN2O4. The van der Waals surface area contributed by atoms with Crippen molar-refractivity contribution in [3.8, 4) is 11.8 Å². The van der Waals surface area contributed by atoms with Gasteiger partial charge < -0.3 is 14.8 Å². The van der Waals surface area contributed by atoms with E-state index < -0.39 is 11.9 Å². The molecule has 33 heavy (non-hydrogen) atoms. The van der Waals surface area contributed by atoms with E-state index >= 15 is 0 Å². The molecule has 1 N–H and O–H groups in total. The Bertz CT molecular complexity index is 1240. The Morgan fingerprint density at radius 1 is 1.09 bits per heavy atom. The molecule has 0 aliphatic rings. The predicted molar refractivity (Wildman–Crippen MR) is 127 cm³/mol. The first-order valence-corrected chi connectivity index (χ1v) is 10.4. The minimum absolute atomic E-state index is 0.130. The molecule has 1 amide bonds. The highest BCUT2D eigenvalue weighted by Crippen LogP contribution is 2.26. The average Bonchev–Trinajstić information content (AvgIpc) is 2.82. The molecule has 0 atom stereocenters. The highest BCUT2D eigenvalue weighted by molar-refractivity contribution is 6.30. The van der Waals surface area contributed by atoms with Crippen molar-refractivity contribution < 1.29 is 19.1 Å². The summed E-state index contributed by atoms with van der Waals surface area (Å²) in [6.07, 6.45) is 1.43. The summed E-state index contributed by atoms with van der Waals surface area (Å²) in [6.45, 7) is 2.32. The fraction of sp³-hybridized carbons (Fsp3) is 0.115. The SMILES string of the molecule is COC(=O)c1ccc(NC(=O)/C(C#N)=C/c2cc(Cl)ccc2OCc2cccc(C)c2)cc1. The fourth-order valence-electron chi connectivity index (χ4n) is 3.04. The van der Waals surface area contributed by atoms with Crippen molar-refractivity contribution in [2.75, 3.05) is 12.4 Å². The molecule has 7 heteroatoms. The largest absolute Gasteiger partial charge is 0.488 e. The molecule has 166 valence electrons. The average molecular weight is 461 g/mol. The van der Waals surface area contributed by atoms with Crippen LogP contribution in [-0.2, 0) is 16.1 Å². The molecule has 0 fully saturated rings. The number of nitrogens with zero attached hydrogens (tertiary/aromatic N) is 1. The van der Waals surface area contributed by atoms with E-state index in [-0.39, 0.29) is 5.57 Å². The van der Waals surface area contributed by atoms with Crippen LogP contribution >= 0.6 is 11.6 Å². The molecule has 0 spiro atoms. The Morgan fingerprint density at radius 2 is 1.85 bits per heavy atom. The van der Waals surface area contributed by atoms with E-state index in [1.54, 1.807) is 30.3 Å². The number of hydrogen-bond donors (Lipinski definition) is 1. The third-order valence-electron chi connectivity index (χ3n) is 4.68. The van der Waals surface area contributed by atoms with Gasteiger partial charge in [0.25, 0.3) is 5.91 Å². The fourth-order valence-corrected chi connectivity index (χ4v) is 3.22. The van der Waals surface area contributed by atoms with Crippen LogP contribution in [-0.4, -0.2) is 19.0 Å². The van der Waals surface area contributed by atoms with Crippen LogP contribution in [0.2, 0.25) is 5.02 Å². The Labute approximate surface area is 197 Å². The van der Waals surface area contributed by atoms with Crippen LogP contribution < -0.4 is 10.1 Å². The van der Waals surface area contributed by atoms with Gasteiger partial charge in [-0.1, -0.05) is 41.4 Å². The van der Waals surface area contributed by atoms with Crippen molar-refractivity contribution in [3.05, 3.63) is 99.6 Å². The van der Waals surface area contributed by atoms with Gasteiger partial charge in [-0.2, -0.15) is 5.26 Å². The van der Waals surface area contributed by atoms with Crippen molar-refractivity contribution >= 4 is 35.2 Å². The molecule has 0 bridgehead atoms. The predicted octanol–water partition coefficient (Wildman–Crippen LogP) is 5.56. The number of nitriles is 1. The topological polar surface area (TPSA) is 88.4 Å². The lowest BCUT2D eigenvalue weighted by molar-refractivity contribution is -0.112. The summed E-state index contributed by atoms with van der Waals surface area (Å²) in [6, 6.07) is 21.0. The zero-order chi connectivity index (χ0) is 23.8. The number of aryl methyl sites for hydroxylation is 1. The molecule has 0 unspecified atom stereocenters. The summed E-state index contributed by atoms with van der Waals surface area (Å²) in [5, 5.41) is 12.7. The van der Waals surface area contributed by atoms with E-state index in [0.717, 1.165) is 11.1 Å². The zero-order valence-electron chi connectivity index (χ0n) is 18.1. The third kappa shape index (κ3) is 6.45. The van der Waals surface area contributed by atoms with Crippen LogP contribution in [0.1, 0.15) is 27.0 Å². The summed E-state index contributed by atoms with van der Waals surface area (Å²) >= 11 is 6.14. The van der Waals surface area contributed by atoms with E-state index in [2.05, 4.69) is 10.1 Å². The molecule has 0 radical (unpaired) electrons. The van der Waals surface area contributed by atoms with Gasteiger partial charge in [-0.05, 0) is 61.0 Å². The first-order chi connectivity index (χ1) is 15.9. The Kier molecular flexibility index (Phi) is 7.85. The van der Waals surface area contributed by atoms with Crippen LogP contribution in [0.4, 0.5) is 5.69 Å². The van der Waals surface area contributed by atoms with Gasteiger partial charge in [0, 0.05) is 16.3 Å². The Morgan fingerprint density at radius 3 is 2.52 bits per heavy atom. The lowest BCUT2D eigenvalue weighted by Crippen LogP contribution is -2.13. The van der Waals surface area contributed by atoms with Gasteiger partial charge in [-0.15, -0.1) is 0 Å². The number of ether oxygens (including phenoxy) is 2. The summed E-state index contributed by atoms with van der Waals surface area (Å²) < 4.78 is 10.6. The molecule has 0 aliphatic heterocycles. The molecule has 3 aromatic carbocycles. The highest BCUT2D eigenvalue weighted by atomic mass is 35.5. The Hall–Kier alpha value is -4.08. The first-order valence-electron chi connectivity index (χ1n) is 9.99. The van der Waals surface area contributed by atoms with Crippen molar-refractivity contribution in [1.29, 1.82) is 5.26 Å². The number of rotatable bonds is 7. The first kappa shape index (κ1) is 23.6. The monoisotopic (exact) mass is 460 g/mol. The number of carbonyl (C=O) groups is 2. The number of methoxy groups -OCH3 is 1. The van der Waals surface area contributed by atoms with Crippen LogP contribution in [0.5, 0.6) is 5.75 Å². The minimum Gasteiger partial charge on any atom is -0.488 e. The molecule has 0 saturated heterocycles. The van der Waals surface area contributed by atoms with E-state index in [1.807, 2.05) is 37.3 Å². The summed E-state index contributed by atoms with van der Waals surface area (Å²) in [4.78, 5) is 24.2. The number of anilines is 1.